The molecule has 0 atom stereocenters. The lowest BCUT2D eigenvalue weighted by Gasteiger charge is -2.14. The highest BCUT2D eigenvalue weighted by atomic mass is 35.5. The van der Waals surface area contributed by atoms with Crippen LogP contribution in [0.1, 0.15) is 15.9 Å². The first-order valence-electron chi connectivity index (χ1n) is 6.07. The summed E-state index contributed by atoms with van der Waals surface area (Å²) >= 11 is 11.6. The van der Waals surface area contributed by atoms with Crippen LogP contribution in [0.5, 0.6) is 0 Å². The zero-order valence-electron chi connectivity index (χ0n) is 11.1. The fraction of sp³-hybridized carbons (Fsp3) is 0.0714. The molecule has 0 fully saturated rings. The molecular weight excluding hydrogens is 349 g/mol. The molecule has 1 N–H and O–H groups in total. The standard InChI is InChI=1S/C14H11Cl2NO4S/c15-12-6-4-10(5-7-12)9-17(16)22(20,21)13-3-1-2-11(8-13)14(18)19/h1-8H,9H2,(H,18,19). The summed E-state index contributed by atoms with van der Waals surface area (Å²) in [5.41, 5.74) is 0.523. The molecule has 0 unspecified atom stereocenters. The third-order valence-electron chi connectivity index (χ3n) is 2.86. The van der Waals surface area contributed by atoms with E-state index in [1.807, 2.05) is 0 Å². The molecule has 0 aromatic heterocycles. The van der Waals surface area contributed by atoms with Crippen LogP contribution in [0.25, 0.3) is 0 Å². The van der Waals surface area contributed by atoms with E-state index in [4.69, 9.17) is 28.5 Å². The van der Waals surface area contributed by atoms with Crippen molar-refractivity contribution in [3.63, 3.8) is 0 Å². The van der Waals surface area contributed by atoms with Gasteiger partial charge in [-0.2, -0.15) is 0 Å². The Balaban J connectivity index is 2.27. The maximum atomic E-state index is 12.4. The molecule has 2 rings (SSSR count). The molecule has 0 heterocycles. The van der Waals surface area contributed by atoms with Crippen LogP contribution in [0.3, 0.4) is 0 Å². The zero-order valence-corrected chi connectivity index (χ0v) is 13.4. The van der Waals surface area contributed by atoms with Crippen molar-refractivity contribution in [1.29, 1.82) is 0 Å². The lowest BCUT2D eigenvalue weighted by molar-refractivity contribution is 0.0696. The molecule has 0 amide bonds. The Hall–Kier alpha value is -1.60. The van der Waals surface area contributed by atoms with E-state index >= 15 is 0 Å². The van der Waals surface area contributed by atoms with Gasteiger partial charge in [-0.25, -0.2) is 13.2 Å². The third kappa shape index (κ3) is 3.78. The fourth-order valence-electron chi connectivity index (χ4n) is 1.72. The number of halogens is 2. The molecule has 2 aromatic rings. The van der Waals surface area contributed by atoms with Gasteiger partial charge in [-0.3, -0.25) is 0 Å². The van der Waals surface area contributed by atoms with E-state index in [0.29, 0.717) is 14.4 Å². The second-order valence-electron chi connectivity index (χ2n) is 4.41. The van der Waals surface area contributed by atoms with Gasteiger partial charge < -0.3 is 5.11 Å². The smallest absolute Gasteiger partial charge is 0.335 e. The van der Waals surface area contributed by atoms with Crippen LogP contribution in [0.4, 0.5) is 0 Å². The highest BCUT2D eigenvalue weighted by Gasteiger charge is 2.24. The van der Waals surface area contributed by atoms with Crippen molar-refractivity contribution in [3.05, 3.63) is 64.7 Å². The summed E-state index contributed by atoms with van der Waals surface area (Å²) in [4.78, 5) is 10.7. The fourth-order valence-corrected chi connectivity index (χ4v) is 3.30. The summed E-state index contributed by atoms with van der Waals surface area (Å²) < 4.78 is 25.3. The molecule has 0 radical (unpaired) electrons. The molecular formula is C14H11Cl2NO4S. The average molecular weight is 360 g/mol. The van der Waals surface area contributed by atoms with Gasteiger partial charge in [0.2, 0.25) is 0 Å². The predicted molar refractivity (Wildman–Crippen MR) is 83.4 cm³/mol. The molecule has 2 aromatic carbocycles. The van der Waals surface area contributed by atoms with E-state index in [9.17, 15) is 13.2 Å². The van der Waals surface area contributed by atoms with Crippen molar-refractivity contribution in [2.24, 2.45) is 0 Å². The number of hydrogen-bond donors (Lipinski definition) is 1. The van der Waals surface area contributed by atoms with Crippen LogP contribution in [-0.4, -0.2) is 23.3 Å². The van der Waals surface area contributed by atoms with E-state index in [1.54, 1.807) is 24.3 Å². The Morgan fingerprint density at radius 3 is 2.36 bits per heavy atom. The molecule has 0 aliphatic heterocycles. The van der Waals surface area contributed by atoms with Gasteiger partial charge >= 0.3 is 5.97 Å². The number of rotatable bonds is 5. The SMILES string of the molecule is O=C(O)c1cccc(S(=O)(=O)N(Cl)Cc2ccc(Cl)cc2)c1. The van der Waals surface area contributed by atoms with Crippen LogP contribution >= 0.6 is 23.4 Å². The summed E-state index contributed by atoms with van der Waals surface area (Å²) in [7, 11) is -4.00. The van der Waals surface area contributed by atoms with Gasteiger partial charge in [-0.1, -0.05) is 29.8 Å². The van der Waals surface area contributed by atoms with Gasteiger partial charge in [0.15, 0.2) is 0 Å². The topological polar surface area (TPSA) is 74.7 Å². The molecule has 8 heteroatoms. The highest BCUT2D eigenvalue weighted by molar-refractivity contribution is 7.90. The first-order valence-corrected chi connectivity index (χ1v) is 8.22. The molecule has 0 spiro atoms. The quantitative estimate of drug-likeness (QED) is 0.830. The minimum Gasteiger partial charge on any atom is -0.478 e. The van der Waals surface area contributed by atoms with Crippen molar-refractivity contribution in [2.75, 3.05) is 0 Å². The van der Waals surface area contributed by atoms with Gasteiger partial charge in [0.05, 0.1) is 17.0 Å². The van der Waals surface area contributed by atoms with Crippen molar-refractivity contribution >= 4 is 39.4 Å². The zero-order chi connectivity index (χ0) is 16.3. The molecule has 22 heavy (non-hydrogen) atoms. The van der Waals surface area contributed by atoms with Crippen LogP contribution in [0.15, 0.2) is 53.4 Å². The Morgan fingerprint density at radius 2 is 1.77 bits per heavy atom. The van der Waals surface area contributed by atoms with E-state index in [1.165, 1.54) is 18.2 Å². The number of nitrogens with zero attached hydrogens (tertiary/aromatic N) is 1. The third-order valence-corrected chi connectivity index (χ3v) is 5.28. The van der Waals surface area contributed by atoms with Gasteiger partial charge in [0.25, 0.3) is 10.0 Å². The minimum atomic E-state index is -4.00. The number of carboxylic acid groups (broad SMARTS) is 1. The van der Waals surface area contributed by atoms with Crippen molar-refractivity contribution in [1.82, 2.24) is 3.82 Å². The van der Waals surface area contributed by atoms with E-state index in [2.05, 4.69) is 0 Å². The second-order valence-corrected chi connectivity index (χ2v) is 7.32. The van der Waals surface area contributed by atoms with Crippen molar-refractivity contribution < 1.29 is 18.3 Å². The first-order chi connectivity index (χ1) is 10.3. The van der Waals surface area contributed by atoms with Crippen LogP contribution < -0.4 is 0 Å². The number of hydrogen-bond acceptors (Lipinski definition) is 3. The molecule has 0 aliphatic carbocycles. The summed E-state index contributed by atoms with van der Waals surface area (Å²) in [5.74, 6) is -1.21. The largest absolute Gasteiger partial charge is 0.478 e. The van der Waals surface area contributed by atoms with Crippen LogP contribution in [0.2, 0.25) is 5.02 Å². The normalized spacial score (nSPS) is 11.6. The van der Waals surface area contributed by atoms with Gasteiger partial charge in [-0.05, 0) is 47.7 Å². The van der Waals surface area contributed by atoms with Gasteiger partial charge in [0.1, 0.15) is 0 Å². The molecule has 0 bridgehead atoms. The Labute approximate surface area is 137 Å². The van der Waals surface area contributed by atoms with Crippen LogP contribution in [0, 0.1) is 0 Å². The number of aromatic carboxylic acids is 1. The molecule has 0 saturated carbocycles. The maximum Gasteiger partial charge on any atom is 0.335 e. The second kappa shape index (κ2) is 6.66. The van der Waals surface area contributed by atoms with E-state index < -0.39 is 16.0 Å². The minimum absolute atomic E-state index is 0.0711. The highest BCUT2D eigenvalue weighted by Crippen LogP contribution is 2.22. The van der Waals surface area contributed by atoms with Gasteiger partial charge in [0, 0.05) is 5.02 Å². The number of carbonyl (C=O) groups is 1. The molecule has 0 aliphatic rings. The van der Waals surface area contributed by atoms with Gasteiger partial charge in [-0.15, -0.1) is 3.82 Å². The monoisotopic (exact) mass is 359 g/mol. The van der Waals surface area contributed by atoms with Crippen molar-refractivity contribution in [2.45, 2.75) is 11.4 Å². The molecule has 116 valence electrons. The summed E-state index contributed by atoms with van der Waals surface area (Å²) in [6.07, 6.45) is 0. The molecule has 0 saturated heterocycles. The molecule has 5 nitrogen and oxygen atoms in total. The Kier molecular flexibility index (Phi) is 5.08. The lowest BCUT2D eigenvalue weighted by atomic mass is 10.2. The van der Waals surface area contributed by atoms with E-state index in [0.717, 1.165) is 6.07 Å². The lowest BCUT2D eigenvalue weighted by Crippen LogP contribution is -2.22. The van der Waals surface area contributed by atoms with E-state index in [-0.39, 0.29) is 17.0 Å². The summed E-state index contributed by atoms with van der Waals surface area (Å²) in [5, 5.41) is 9.45. The number of benzene rings is 2. The van der Waals surface area contributed by atoms with Crippen LogP contribution in [-0.2, 0) is 16.6 Å². The number of sulfonamides is 1. The first kappa shape index (κ1) is 16.8. The predicted octanol–water partition coefficient (Wildman–Crippen LogP) is 3.38. The summed E-state index contributed by atoms with van der Waals surface area (Å²) in [6.45, 7) is -0.0711. The maximum absolute atomic E-state index is 12.4. The Morgan fingerprint density at radius 1 is 1.14 bits per heavy atom. The average Bonchev–Trinajstić information content (AvgIpc) is 2.49. The Bertz CT molecular complexity index is 791. The summed E-state index contributed by atoms with van der Waals surface area (Å²) in [6, 6.07) is 11.6. The number of carboxylic acids is 1. The van der Waals surface area contributed by atoms with Crippen molar-refractivity contribution in [3.8, 4) is 0 Å².